The van der Waals surface area contributed by atoms with Crippen molar-refractivity contribution in [2.45, 2.75) is 6.92 Å². The summed E-state index contributed by atoms with van der Waals surface area (Å²) in [4.78, 5) is 24.0. The maximum Gasteiger partial charge on any atom is 0.343 e. The molecule has 0 spiro atoms. The number of esters is 1. The third-order valence-electron chi connectivity index (χ3n) is 3.06. The molecule has 5 heteroatoms. The summed E-state index contributed by atoms with van der Waals surface area (Å²) in [6.07, 6.45) is 0. The van der Waals surface area contributed by atoms with Gasteiger partial charge in [0.2, 0.25) is 0 Å². The highest BCUT2D eigenvalue weighted by molar-refractivity contribution is 6.01. The van der Waals surface area contributed by atoms with Gasteiger partial charge in [-0.25, -0.2) is 4.79 Å². The third-order valence-corrected chi connectivity index (χ3v) is 3.06. The lowest BCUT2D eigenvalue weighted by molar-refractivity contribution is 0.0732. The zero-order valence-electron chi connectivity index (χ0n) is 12.6. The number of rotatable bonds is 5. The summed E-state index contributed by atoms with van der Waals surface area (Å²) in [7, 11) is 2.91. The van der Waals surface area contributed by atoms with Gasteiger partial charge in [0.25, 0.3) is 0 Å². The topological polar surface area (TPSA) is 61.8 Å². The van der Waals surface area contributed by atoms with Gasteiger partial charge < -0.3 is 14.2 Å². The monoisotopic (exact) mass is 300 g/mol. The highest BCUT2D eigenvalue weighted by atomic mass is 16.5. The molecule has 0 saturated carbocycles. The second-order valence-electron chi connectivity index (χ2n) is 4.51. The van der Waals surface area contributed by atoms with Crippen LogP contribution in [-0.4, -0.2) is 26.0 Å². The first kappa shape index (κ1) is 15.6. The van der Waals surface area contributed by atoms with Gasteiger partial charge in [-0.15, -0.1) is 0 Å². The molecule has 0 amide bonds. The Kier molecular flexibility index (Phi) is 4.78. The maximum atomic E-state index is 12.2. The SMILES string of the molecule is COc1cc(OC)c(C(C)=O)c(OC(=O)c2ccccc2)c1. The Bertz CT molecular complexity index is 692. The van der Waals surface area contributed by atoms with Crippen molar-refractivity contribution in [3.63, 3.8) is 0 Å². The first-order chi connectivity index (χ1) is 10.6. The molecule has 2 aromatic rings. The van der Waals surface area contributed by atoms with Crippen molar-refractivity contribution in [2.75, 3.05) is 14.2 Å². The van der Waals surface area contributed by atoms with Crippen LogP contribution in [0, 0.1) is 0 Å². The number of benzene rings is 2. The number of hydrogen-bond acceptors (Lipinski definition) is 5. The minimum atomic E-state index is -0.557. The van der Waals surface area contributed by atoms with E-state index in [1.54, 1.807) is 36.4 Å². The van der Waals surface area contributed by atoms with Gasteiger partial charge in [0.1, 0.15) is 22.8 Å². The lowest BCUT2D eigenvalue weighted by Crippen LogP contribution is -2.12. The summed E-state index contributed by atoms with van der Waals surface area (Å²) in [6, 6.07) is 11.6. The Balaban J connectivity index is 2.44. The number of Topliss-reactive ketones (excluding diaryl/α,β-unsaturated/α-hetero) is 1. The molecule has 5 nitrogen and oxygen atoms in total. The van der Waals surface area contributed by atoms with Crippen molar-refractivity contribution in [2.24, 2.45) is 0 Å². The van der Waals surface area contributed by atoms with Crippen LogP contribution in [0.3, 0.4) is 0 Å². The summed E-state index contributed by atoms with van der Waals surface area (Å²) < 4.78 is 15.7. The largest absolute Gasteiger partial charge is 0.496 e. The fourth-order valence-electron chi connectivity index (χ4n) is 2.01. The van der Waals surface area contributed by atoms with Crippen LogP contribution in [-0.2, 0) is 0 Å². The van der Waals surface area contributed by atoms with Crippen LogP contribution in [0.5, 0.6) is 17.2 Å². The van der Waals surface area contributed by atoms with E-state index in [-0.39, 0.29) is 17.1 Å². The first-order valence-electron chi connectivity index (χ1n) is 6.61. The van der Waals surface area contributed by atoms with Crippen molar-refractivity contribution in [1.29, 1.82) is 0 Å². The molecule has 0 aliphatic rings. The van der Waals surface area contributed by atoms with E-state index in [1.807, 2.05) is 0 Å². The van der Waals surface area contributed by atoms with Gasteiger partial charge in [-0.3, -0.25) is 4.79 Å². The summed E-state index contributed by atoms with van der Waals surface area (Å²) in [6.45, 7) is 1.38. The number of ether oxygens (including phenoxy) is 3. The molecule has 0 aliphatic carbocycles. The average molecular weight is 300 g/mol. The summed E-state index contributed by atoms with van der Waals surface area (Å²) in [5, 5.41) is 0. The van der Waals surface area contributed by atoms with Crippen LogP contribution in [0.1, 0.15) is 27.6 Å². The van der Waals surface area contributed by atoms with E-state index in [0.717, 1.165) is 0 Å². The molecular formula is C17H16O5. The number of carbonyl (C=O) groups excluding carboxylic acids is 2. The van der Waals surface area contributed by atoms with E-state index < -0.39 is 5.97 Å². The highest BCUT2D eigenvalue weighted by Gasteiger charge is 2.20. The van der Waals surface area contributed by atoms with E-state index >= 15 is 0 Å². The number of carbonyl (C=O) groups is 2. The molecule has 0 N–H and O–H groups in total. The predicted octanol–water partition coefficient (Wildman–Crippen LogP) is 3.13. The van der Waals surface area contributed by atoms with Gasteiger partial charge in [0.15, 0.2) is 5.78 Å². The van der Waals surface area contributed by atoms with Gasteiger partial charge in [0.05, 0.1) is 19.8 Å². The lowest BCUT2D eigenvalue weighted by atomic mass is 10.1. The molecule has 0 heterocycles. The minimum Gasteiger partial charge on any atom is -0.496 e. The van der Waals surface area contributed by atoms with Crippen LogP contribution >= 0.6 is 0 Å². The maximum absolute atomic E-state index is 12.2. The van der Waals surface area contributed by atoms with Gasteiger partial charge in [-0.1, -0.05) is 18.2 Å². The summed E-state index contributed by atoms with van der Waals surface area (Å²) >= 11 is 0. The zero-order chi connectivity index (χ0) is 16.1. The second-order valence-corrected chi connectivity index (χ2v) is 4.51. The van der Waals surface area contributed by atoms with E-state index in [1.165, 1.54) is 27.2 Å². The van der Waals surface area contributed by atoms with Gasteiger partial charge >= 0.3 is 5.97 Å². The summed E-state index contributed by atoms with van der Waals surface area (Å²) in [5.41, 5.74) is 0.589. The quantitative estimate of drug-likeness (QED) is 0.482. The third kappa shape index (κ3) is 3.25. The van der Waals surface area contributed by atoms with Crippen molar-refractivity contribution in [3.8, 4) is 17.2 Å². The van der Waals surface area contributed by atoms with Gasteiger partial charge in [-0.05, 0) is 19.1 Å². The van der Waals surface area contributed by atoms with Crippen molar-refractivity contribution in [3.05, 3.63) is 53.6 Å². The van der Waals surface area contributed by atoms with E-state index in [0.29, 0.717) is 17.1 Å². The van der Waals surface area contributed by atoms with Crippen LogP contribution in [0.2, 0.25) is 0 Å². The van der Waals surface area contributed by atoms with Gasteiger partial charge in [-0.2, -0.15) is 0 Å². The Morgan fingerprint density at radius 2 is 1.55 bits per heavy atom. The average Bonchev–Trinajstić information content (AvgIpc) is 2.54. The molecule has 0 atom stereocenters. The second kappa shape index (κ2) is 6.76. The Morgan fingerprint density at radius 1 is 0.909 bits per heavy atom. The Morgan fingerprint density at radius 3 is 2.09 bits per heavy atom. The number of hydrogen-bond donors (Lipinski definition) is 0. The Hall–Kier alpha value is -2.82. The zero-order valence-corrected chi connectivity index (χ0v) is 12.6. The van der Waals surface area contributed by atoms with E-state index in [4.69, 9.17) is 14.2 Å². The molecular weight excluding hydrogens is 284 g/mol. The molecule has 0 saturated heterocycles. The van der Waals surface area contributed by atoms with E-state index in [2.05, 4.69) is 0 Å². The number of methoxy groups -OCH3 is 2. The molecule has 22 heavy (non-hydrogen) atoms. The fraction of sp³-hybridized carbons (Fsp3) is 0.176. The fourth-order valence-corrected chi connectivity index (χ4v) is 2.01. The number of ketones is 1. The van der Waals surface area contributed by atoms with E-state index in [9.17, 15) is 9.59 Å². The molecule has 0 radical (unpaired) electrons. The van der Waals surface area contributed by atoms with Crippen LogP contribution in [0.4, 0.5) is 0 Å². The van der Waals surface area contributed by atoms with Crippen molar-refractivity contribution < 1.29 is 23.8 Å². The highest BCUT2D eigenvalue weighted by Crippen LogP contribution is 2.34. The van der Waals surface area contributed by atoms with Crippen molar-refractivity contribution >= 4 is 11.8 Å². The molecule has 0 aliphatic heterocycles. The van der Waals surface area contributed by atoms with Crippen molar-refractivity contribution in [1.82, 2.24) is 0 Å². The minimum absolute atomic E-state index is 0.109. The molecule has 0 unspecified atom stereocenters. The first-order valence-corrected chi connectivity index (χ1v) is 6.61. The van der Waals surface area contributed by atoms with Crippen LogP contribution in [0.25, 0.3) is 0 Å². The molecule has 2 rings (SSSR count). The molecule has 0 bridgehead atoms. The van der Waals surface area contributed by atoms with Gasteiger partial charge in [0, 0.05) is 12.1 Å². The predicted molar refractivity (Wildman–Crippen MR) is 81.0 cm³/mol. The standard InChI is InChI=1S/C17H16O5/c1-11(18)16-14(21-3)9-13(20-2)10-15(16)22-17(19)12-7-5-4-6-8-12/h4-10H,1-3H3. The smallest absolute Gasteiger partial charge is 0.343 e. The van der Waals surface area contributed by atoms with Crippen LogP contribution in [0.15, 0.2) is 42.5 Å². The lowest BCUT2D eigenvalue weighted by Gasteiger charge is -2.14. The molecule has 0 aromatic heterocycles. The summed E-state index contributed by atoms with van der Waals surface area (Å²) in [5.74, 6) is 0.00625. The molecule has 0 fully saturated rings. The normalized spacial score (nSPS) is 9.95. The molecule has 114 valence electrons. The molecule has 2 aromatic carbocycles. The Labute approximate surface area is 128 Å². The van der Waals surface area contributed by atoms with Crippen LogP contribution < -0.4 is 14.2 Å².